The predicted octanol–water partition coefficient (Wildman–Crippen LogP) is 2.18. The lowest BCUT2D eigenvalue weighted by atomic mass is 9.99. The highest BCUT2D eigenvalue weighted by atomic mass is 19.1. The van der Waals surface area contributed by atoms with Crippen molar-refractivity contribution in [3.63, 3.8) is 0 Å². The second-order valence-corrected chi connectivity index (χ2v) is 6.07. The van der Waals surface area contributed by atoms with Gasteiger partial charge in [-0.1, -0.05) is 13.0 Å². The fraction of sp³-hybridized carbons (Fsp3) is 0.562. The van der Waals surface area contributed by atoms with Crippen LogP contribution in [0.1, 0.15) is 19.8 Å². The molecule has 7 heteroatoms. The summed E-state index contributed by atoms with van der Waals surface area (Å²) >= 11 is 0. The summed E-state index contributed by atoms with van der Waals surface area (Å²) in [5.74, 6) is -0.978. The number of urea groups is 1. The first-order valence-corrected chi connectivity index (χ1v) is 7.85. The zero-order valence-corrected chi connectivity index (χ0v) is 13.2. The van der Waals surface area contributed by atoms with Gasteiger partial charge in [-0.25, -0.2) is 13.6 Å². The Hall–Kier alpha value is -1.73. The largest absolute Gasteiger partial charge is 0.390 e. The lowest BCUT2D eigenvalue weighted by molar-refractivity contribution is 0.0924. The molecule has 1 aromatic rings. The number of hydrogen-bond acceptors (Lipinski definition) is 3. The number of para-hydroxylation sites is 1. The molecule has 0 aromatic heterocycles. The molecule has 23 heavy (non-hydrogen) atoms. The Morgan fingerprint density at radius 1 is 1.35 bits per heavy atom. The summed E-state index contributed by atoms with van der Waals surface area (Å²) in [6.45, 7) is 4.58. The van der Waals surface area contributed by atoms with E-state index < -0.39 is 29.5 Å². The normalized spacial score (nSPS) is 17.7. The van der Waals surface area contributed by atoms with Gasteiger partial charge >= 0.3 is 6.03 Å². The Labute approximate surface area is 134 Å². The van der Waals surface area contributed by atoms with Gasteiger partial charge in [-0.3, -0.25) is 0 Å². The van der Waals surface area contributed by atoms with Crippen LogP contribution in [0.5, 0.6) is 0 Å². The van der Waals surface area contributed by atoms with Crippen molar-refractivity contribution >= 4 is 11.7 Å². The molecule has 0 radical (unpaired) electrons. The zero-order chi connectivity index (χ0) is 16.8. The molecule has 1 aromatic carbocycles. The van der Waals surface area contributed by atoms with E-state index in [4.69, 9.17) is 0 Å². The molecule has 0 saturated carbocycles. The summed E-state index contributed by atoms with van der Waals surface area (Å²) in [4.78, 5) is 13.8. The Balaban J connectivity index is 1.73. The van der Waals surface area contributed by atoms with E-state index in [1.54, 1.807) is 0 Å². The van der Waals surface area contributed by atoms with Crippen molar-refractivity contribution in [2.24, 2.45) is 5.92 Å². The number of anilines is 1. The Morgan fingerprint density at radius 3 is 2.57 bits per heavy atom. The molecule has 0 bridgehead atoms. The van der Waals surface area contributed by atoms with E-state index in [0.717, 1.165) is 38.1 Å². The number of carbonyl (C=O) groups excluding carboxylic acids is 1. The molecule has 128 valence electrons. The number of halogens is 2. The quantitative estimate of drug-likeness (QED) is 0.777. The third-order valence-corrected chi connectivity index (χ3v) is 4.04. The number of aliphatic hydroxyl groups is 1. The Morgan fingerprint density at radius 2 is 1.96 bits per heavy atom. The number of likely N-dealkylation sites (tertiary alicyclic amines) is 1. The van der Waals surface area contributed by atoms with Crippen molar-refractivity contribution < 1.29 is 18.7 Å². The van der Waals surface area contributed by atoms with Crippen molar-refractivity contribution in [3.05, 3.63) is 29.8 Å². The maximum Gasteiger partial charge on any atom is 0.319 e. The van der Waals surface area contributed by atoms with Crippen LogP contribution < -0.4 is 10.6 Å². The number of β-amino-alcohol motifs (C(OH)–C–C–N with tert-alkyl or cyclic N) is 1. The average Bonchev–Trinajstić information content (AvgIpc) is 2.51. The highest BCUT2D eigenvalue weighted by Crippen LogP contribution is 2.18. The minimum Gasteiger partial charge on any atom is -0.390 e. The molecule has 0 spiro atoms. The molecule has 1 saturated heterocycles. The van der Waals surface area contributed by atoms with Gasteiger partial charge in [0.2, 0.25) is 0 Å². The van der Waals surface area contributed by atoms with E-state index in [2.05, 4.69) is 22.5 Å². The topological polar surface area (TPSA) is 64.6 Å². The lowest BCUT2D eigenvalue weighted by Gasteiger charge is -2.31. The number of rotatable bonds is 5. The van der Waals surface area contributed by atoms with Crippen molar-refractivity contribution in [2.75, 3.05) is 31.5 Å². The van der Waals surface area contributed by atoms with Crippen LogP contribution in [0.2, 0.25) is 0 Å². The number of carbonyl (C=O) groups is 1. The number of nitrogens with one attached hydrogen (secondary N) is 2. The second-order valence-electron chi connectivity index (χ2n) is 6.07. The van der Waals surface area contributed by atoms with E-state index in [1.165, 1.54) is 6.07 Å². The van der Waals surface area contributed by atoms with Crippen LogP contribution in [0.4, 0.5) is 19.3 Å². The fourth-order valence-corrected chi connectivity index (χ4v) is 2.59. The van der Waals surface area contributed by atoms with Crippen LogP contribution in [0.3, 0.4) is 0 Å². The van der Waals surface area contributed by atoms with Crippen LogP contribution >= 0.6 is 0 Å². The highest BCUT2D eigenvalue weighted by Gasteiger charge is 2.19. The van der Waals surface area contributed by atoms with Gasteiger partial charge in [0, 0.05) is 13.1 Å². The number of piperidine rings is 1. The monoisotopic (exact) mass is 327 g/mol. The van der Waals surface area contributed by atoms with Crippen LogP contribution in [0.15, 0.2) is 18.2 Å². The third-order valence-electron chi connectivity index (χ3n) is 4.04. The highest BCUT2D eigenvalue weighted by molar-refractivity contribution is 5.89. The molecule has 0 aliphatic carbocycles. The van der Waals surface area contributed by atoms with E-state index in [-0.39, 0.29) is 6.54 Å². The summed E-state index contributed by atoms with van der Waals surface area (Å²) in [5, 5.41) is 14.5. The first-order chi connectivity index (χ1) is 11.0. The van der Waals surface area contributed by atoms with Crippen LogP contribution in [0.25, 0.3) is 0 Å². The molecular formula is C16H23F2N3O2. The van der Waals surface area contributed by atoms with Gasteiger partial charge in [-0.05, 0) is 44.0 Å². The average molecular weight is 327 g/mol. The number of aliphatic hydroxyl groups excluding tert-OH is 1. The van der Waals surface area contributed by atoms with Gasteiger partial charge in [0.05, 0.1) is 6.10 Å². The minimum atomic E-state index is -0.844. The summed E-state index contributed by atoms with van der Waals surface area (Å²) < 4.78 is 26.8. The molecule has 2 rings (SSSR count). The van der Waals surface area contributed by atoms with Crippen LogP contribution in [-0.2, 0) is 0 Å². The smallest absolute Gasteiger partial charge is 0.319 e. The molecular weight excluding hydrogens is 304 g/mol. The Bertz CT molecular complexity index is 514. The minimum absolute atomic E-state index is 0.0218. The summed E-state index contributed by atoms with van der Waals surface area (Å²) in [6, 6.07) is 2.59. The molecule has 1 atom stereocenters. The van der Waals surface area contributed by atoms with Crippen molar-refractivity contribution in [1.82, 2.24) is 10.2 Å². The van der Waals surface area contributed by atoms with Crippen molar-refractivity contribution in [1.29, 1.82) is 0 Å². The third kappa shape index (κ3) is 5.44. The van der Waals surface area contributed by atoms with Crippen LogP contribution in [0, 0.1) is 17.6 Å². The molecule has 2 amide bonds. The summed E-state index contributed by atoms with van der Waals surface area (Å²) in [6.07, 6.45) is 1.49. The van der Waals surface area contributed by atoms with Crippen LogP contribution in [-0.4, -0.2) is 48.3 Å². The molecule has 1 aliphatic heterocycles. The maximum absolute atomic E-state index is 13.4. The summed E-state index contributed by atoms with van der Waals surface area (Å²) in [7, 11) is 0. The van der Waals surface area contributed by atoms with Gasteiger partial charge < -0.3 is 20.6 Å². The predicted molar refractivity (Wildman–Crippen MR) is 84.2 cm³/mol. The Kier molecular flexibility index (Phi) is 6.29. The van der Waals surface area contributed by atoms with E-state index in [0.29, 0.717) is 12.5 Å². The van der Waals surface area contributed by atoms with Crippen molar-refractivity contribution in [2.45, 2.75) is 25.9 Å². The van der Waals surface area contributed by atoms with E-state index in [1.807, 2.05) is 0 Å². The summed E-state index contributed by atoms with van der Waals surface area (Å²) in [5.41, 5.74) is -0.496. The van der Waals surface area contributed by atoms with Gasteiger partial charge in [-0.2, -0.15) is 0 Å². The molecule has 1 aliphatic rings. The van der Waals surface area contributed by atoms with Gasteiger partial charge in [0.15, 0.2) is 0 Å². The maximum atomic E-state index is 13.4. The molecule has 5 nitrogen and oxygen atoms in total. The zero-order valence-electron chi connectivity index (χ0n) is 13.2. The second kappa shape index (κ2) is 8.21. The number of hydrogen-bond donors (Lipinski definition) is 3. The van der Waals surface area contributed by atoms with Gasteiger partial charge in [0.25, 0.3) is 0 Å². The lowest BCUT2D eigenvalue weighted by Crippen LogP contribution is -2.43. The standard InChI is InChI=1S/C16H23F2N3O2/c1-11-5-7-21(8-6-11)10-12(22)9-19-16(23)20-15-13(17)3-2-4-14(15)18/h2-4,11-12,22H,5-10H2,1H3,(H2,19,20,23). The van der Waals surface area contributed by atoms with Gasteiger partial charge in [0.1, 0.15) is 17.3 Å². The molecule has 3 N–H and O–H groups in total. The van der Waals surface area contributed by atoms with E-state index in [9.17, 15) is 18.7 Å². The number of amides is 2. The first-order valence-electron chi connectivity index (χ1n) is 7.85. The molecule has 1 heterocycles. The number of nitrogens with zero attached hydrogens (tertiary/aromatic N) is 1. The van der Waals surface area contributed by atoms with E-state index >= 15 is 0 Å². The van der Waals surface area contributed by atoms with Crippen molar-refractivity contribution in [3.8, 4) is 0 Å². The molecule has 1 unspecified atom stereocenters. The number of benzene rings is 1. The molecule has 1 fully saturated rings. The fourth-order valence-electron chi connectivity index (χ4n) is 2.59. The van der Waals surface area contributed by atoms with Gasteiger partial charge in [-0.15, -0.1) is 0 Å². The first kappa shape index (κ1) is 17.6. The SMILES string of the molecule is CC1CCN(CC(O)CNC(=O)Nc2c(F)cccc2F)CC1.